The molecule has 0 unspecified atom stereocenters. The number of methoxy groups -OCH3 is 1. The van der Waals surface area contributed by atoms with Gasteiger partial charge in [0, 0.05) is 20.1 Å². The molecule has 0 saturated carbocycles. The molecular weight excluding hydrogens is 254 g/mol. The maximum Gasteiger partial charge on any atom is 0.321 e. The van der Waals surface area contributed by atoms with Crippen molar-refractivity contribution >= 4 is 28.3 Å². The van der Waals surface area contributed by atoms with Gasteiger partial charge in [-0.15, -0.1) is 0 Å². The van der Waals surface area contributed by atoms with Crippen molar-refractivity contribution in [1.29, 1.82) is 0 Å². The van der Waals surface area contributed by atoms with Crippen LogP contribution in [0.3, 0.4) is 0 Å². The summed E-state index contributed by atoms with van der Waals surface area (Å²) in [5, 5.41) is 5.74. The third-order valence-corrected chi connectivity index (χ3v) is 3.63. The van der Waals surface area contributed by atoms with E-state index >= 15 is 0 Å². The molecule has 6 nitrogen and oxygen atoms in total. The molecule has 0 aliphatic heterocycles. The summed E-state index contributed by atoms with van der Waals surface area (Å²) in [4.78, 5) is 28.1. The maximum absolute atomic E-state index is 11.6. The van der Waals surface area contributed by atoms with Crippen LogP contribution < -0.4 is 10.6 Å². The summed E-state index contributed by atoms with van der Waals surface area (Å²) >= 11 is 1.25. The second kappa shape index (κ2) is 5.92. The van der Waals surface area contributed by atoms with Crippen LogP contribution in [-0.2, 0) is 11.2 Å². The highest BCUT2D eigenvalue weighted by atomic mass is 32.1. The summed E-state index contributed by atoms with van der Waals surface area (Å²) in [7, 11) is 1.57. The normalized spacial score (nSPS) is 14.2. The van der Waals surface area contributed by atoms with Crippen LogP contribution in [0.2, 0.25) is 0 Å². The van der Waals surface area contributed by atoms with Gasteiger partial charge in [-0.3, -0.25) is 10.1 Å². The standard InChI is InChI=1S/C11H15N3O3S/c1-17-6-5-12-10(16)14-11-13-7-3-2-4-8(15)9(7)18-11/h2-6H2,1H3,(H2,12,13,14,16). The van der Waals surface area contributed by atoms with E-state index in [-0.39, 0.29) is 11.8 Å². The fraction of sp³-hybridized carbons (Fsp3) is 0.545. The summed E-state index contributed by atoms with van der Waals surface area (Å²) in [6.45, 7) is 0.895. The van der Waals surface area contributed by atoms with Crippen LogP contribution in [0, 0.1) is 0 Å². The van der Waals surface area contributed by atoms with Gasteiger partial charge in [0.1, 0.15) is 0 Å². The maximum atomic E-state index is 11.6. The molecule has 0 fully saturated rings. The zero-order valence-electron chi connectivity index (χ0n) is 10.1. The largest absolute Gasteiger partial charge is 0.383 e. The minimum atomic E-state index is -0.328. The number of rotatable bonds is 4. The van der Waals surface area contributed by atoms with E-state index in [1.54, 1.807) is 7.11 Å². The fourth-order valence-corrected chi connectivity index (χ4v) is 2.70. The molecule has 0 bridgehead atoms. The Kier molecular flexibility index (Phi) is 4.27. The van der Waals surface area contributed by atoms with E-state index < -0.39 is 0 Å². The first-order valence-corrected chi connectivity index (χ1v) is 6.59. The minimum absolute atomic E-state index is 0.126. The van der Waals surface area contributed by atoms with Crippen LogP contribution in [0.1, 0.15) is 28.2 Å². The van der Waals surface area contributed by atoms with E-state index in [9.17, 15) is 9.59 Å². The summed E-state index contributed by atoms with van der Waals surface area (Å²) in [5.41, 5.74) is 0.809. The Morgan fingerprint density at radius 2 is 2.33 bits per heavy atom. The van der Waals surface area contributed by atoms with Gasteiger partial charge in [-0.05, 0) is 12.8 Å². The molecule has 0 aromatic carbocycles. The number of nitrogens with zero attached hydrogens (tertiary/aromatic N) is 1. The molecule has 0 radical (unpaired) electrons. The fourth-order valence-electron chi connectivity index (χ4n) is 1.73. The first-order valence-electron chi connectivity index (χ1n) is 5.77. The molecule has 7 heteroatoms. The molecule has 1 heterocycles. The molecule has 1 aliphatic rings. The summed E-state index contributed by atoms with van der Waals surface area (Å²) in [5.74, 6) is 0.126. The van der Waals surface area contributed by atoms with Gasteiger partial charge in [0.2, 0.25) is 0 Å². The topological polar surface area (TPSA) is 80.3 Å². The number of fused-ring (bicyclic) bond motifs is 1. The Labute approximate surface area is 109 Å². The van der Waals surface area contributed by atoms with E-state index in [2.05, 4.69) is 15.6 Å². The number of anilines is 1. The quantitative estimate of drug-likeness (QED) is 0.810. The Morgan fingerprint density at radius 3 is 3.06 bits per heavy atom. The highest BCUT2D eigenvalue weighted by Gasteiger charge is 2.22. The molecule has 0 spiro atoms. The predicted octanol–water partition coefficient (Wildman–Crippen LogP) is 1.43. The van der Waals surface area contributed by atoms with Crippen molar-refractivity contribution in [3.8, 4) is 0 Å². The number of amides is 2. The Bertz CT molecular complexity index is 458. The Hall–Kier alpha value is -1.47. The summed E-state index contributed by atoms with van der Waals surface area (Å²) in [6, 6.07) is -0.328. The number of Topliss-reactive ketones (excluding diaryl/α,β-unsaturated/α-hetero) is 1. The zero-order valence-corrected chi connectivity index (χ0v) is 10.9. The average Bonchev–Trinajstić information content (AvgIpc) is 2.73. The third kappa shape index (κ3) is 3.05. The van der Waals surface area contributed by atoms with Gasteiger partial charge in [-0.2, -0.15) is 0 Å². The van der Waals surface area contributed by atoms with E-state index in [1.807, 2.05) is 0 Å². The van der Waals surface area contributed by atoms with Crippen LogP contribution in [0.25, 0.3) is 0 Å². The number of nitrogens with one attached hydrogen (secondary N) is 2. The smallest absolute Gasteiger partial charge is 0.321 e. The highest BCUT2D eigenvalue weighted by molar-refractivity contribution is 7.17. The van der Waals surface area contributed by atoms with E-state index in [1.165, 1.54) is 11.3 Å². The lowest BCUT2D eigenvalue weighted by Crippen LogP contribution is -2.31. The number of carbonyl (C=O) groups is 2. The van der Waals surface area contributed by atoms with E-state index in [0.29, 0.717) is 29.6 Å². The average molecular weight is 269 g/mol. The molecular formula is C11H15N3O3S. The number of urea groups is 1. The molecule has 1 aromatic rings. The first kappa shape index (κ1) is 13.0. The number of hydrogen-bond donors (Lipinski definition) is 2. The summed E-state index contributed by atoms with van der Waals surface area (Å²) in [6.07, 6.45) is 2.23. The Morgan fingerprint density at radius 1 is 1.50 bits per heavy atom. The molecule has 0 atom stereocenters. The van der Waals surface area contributed by atoms with Crippen molar-refractivity contribution in [3.63, 3.8) is 0 Å². The number of ether oxygens (including phenoxy) is 1. The van der Waals surface area contributed by atoms with E-state index in [4.69, 9.17) is 4.74 Å². The first-order chi connectivity index (χ1) is 8.70. The number of ketones is 1. The number of aryl methyl sites for hydroxylation is 1. The predicted molar refractivity (Wildman–Crippen MR) is 68.3 cm³/mol. The molecule has 98 valence electrons. The van der Waals surface area contributed by atoms with Crippen molar-refractivity contribution in [3.05, 3.63) is 10.6 Å². The zero-order chi connectivity index (χ0) is 13.0. The lowest BCUT2D eigenvalue weighted by molar-refractivity contribution is 0.0976. The second-order valence-electron chi connectivity index (χ2n) is 3.95. The van der Waals surface area contributed by atoms with Gasteiger partial charge >= 0.3 is 6.03 Å². The highest BCUT2D eigenvalue weighted by Crippen LogP contribution is 2.29. The lowest BCUT2D eigenvalue weighted by Gasteiger charge is -2.05. The van der Waals surface area contributed by atoms with Crippen molar-refractivity contribution in [1.82, 2.24) is 10.3 Å². The number of thiazole rings is 1. The van der Waals surface area contributed by atoms with Crippen molar-refractivity contribution < 1.29 is 14.3 Å². The van der Waals surface area contributed by atoms with Crippen molar-refractivity contribution in [2.75, 3.05) is 25.6 Å². The van der Waals surface area contributed by atoms with Crippen LogP contribution in [0.4, 0.5) is 9.93 Å². The molecule has 2 N–H and O–H groups in total. The molecule has 1 aromatic heterocycles. The van der Waals surface area contributed by atoms with Crippen LogP contribution in [0.15, 0.2) is 0 Å². The number of carbonyl (C=O) groups excluding carboxylic acids is 2. The van der Waals surface area contributed by atoms with E-state index in [0.717, 1.165) is 18.5 Å². The van der Waals surface area contributed by atoms with Crippen LogP contribution in [-0.4, -0.2) is 37.1 Å². The molecule has 2 amide bonds. The Balaban J connectivity index is 1.94. The van der Waals surface area contributed by atoms with Crippen molar-refractivity contribution in [2.45, 2.75) is 19.3 Å². The third-order valence-electron chi connectivity index (χ3n) is 2.58. The lowest BCUT2D eigenvalue weighted by atomic mass is 10.0. The minimum Gasteiger partial charge on any atom is -0.383 e. The van der Waals surface area contributed by atoms with Gasteiger partial charge in [-0.1, -0.05) is 11.3 Å². The molecule has 1 aliphatic carbocycles. The van der Waals surface area contributed by atoms with Crippen LogP contribution >= 0.6 is 11.3 Å². The van der Waals surface area contributed by atoms with Gasteiger partial charge < -0.3 is 10.1 Å². The number of aromatic nitrogens is 1. The molecule has 0 saturated heterocycles. The van der Waals surface area contributed by atoms with Gasteiger partial charge in [0.25, 0.3) is 0 Å². The second-order valence-corrected chi connectivity index (χ2v) is 4.94. The van der Waals surface area contributed by atoms with Gasteiger partial charge in [-0.25, -0.2) is 9.78 Å². The molecule has 18 heavy (non-hydrogen) atoms. The molecule has 2 rings (SSSR count). The SMILES string of the molecule is COCCNC(=O)Nc1nc2c(s1)C(=O)CCC2. The monoisotopic (exact) mass is 269 g/mol. The summed E-state index contributed by atoms with van der Waals surface area (Å²) < 4.78 is 4.82. The number of hydrogen-bond acceptors (Lipinski definition) is 5. The van der Waals surface area contributed by atoms with Crippen LogP contribution in [0.5, 0.6) is 0 Å². The van der Waals surface area contributed by atoms with Crippen molar-refractivity contribution in [2.24, 2.45) is 0 Å². The van der Waals surface area contributed by atoms with Gasteiger partial charge in [0.15, 0.2) is 10.9 Å². The van der Waals surface area contributed by atoms with Gasteiger partial charge in [0.05, 0.1) is 17.2 Å².